The summed E-state index contributed by atoms with van der Waals surface area (Å²) in [5.41, 5.74) is 4.06. The number of rotatable bonds is 7. The fraction of sp³-hybridized carbons (Fsp3) is 0.483. The summed E-state index contributed by atoms with van der Waals surface area (Å²) in [4.78, 5) is 32.4. The first kappa shape index (κ1) is 26.6. The molecule has 0 atom stereocenters. The Bertz CT molecular complexity index is 1110. The molecule has 37 heavy (non-hydrogen) atoms. The number of nitrogens with zero attached hydrogens (tertiary/aromatic N) is 4. The smallest absolute Gasteiger partial charge is 0.319 e. The number of benzene rings is 2. The largest absolute Gasteiger partial charge is 0.339 e. The maximum Gasteiger partial charge on any atom is 0.319 e. The molecule has 2 N–H and O–H groups in total. The Labute approximate surface area is 220 Å². The SMILES string of the molecule is Cc1ccc(C(=O)N2CCC(c3ccc(C#N)cc3)CC2)cc1NC(=O)NCCCN1CCN(C)CC1. The third-order valence-corrected chi connectivity index (χ3v) is 7.56. The molecule has 8 heteroatoms. The molecule has 2 aromatic rings. The van der Waals surface area contributed by atoms with Crippen LogP contribution in [-0.2, 0) is 0 Å². The average molecular weight is 503 g/mol. The summed E-state index contributed by atoms with van der Waals surface area (Å²) in [5.74, 6) is 0.390. The Morgan fingerprint density at radius 3 is 2.38 bits per heavy atom. The van der Waals surface area contributed by atoms with E-state index in [2.05, 4.69) is 33.6 Å². The number of carbonyl (C=O) groups is 2. The number of likely N-dealkylation sites (tertiary alicyclic amines) is 1. The monoisotopic (exact) mass is 502 g/mol. The number of nitriles is 1. The predicted octanol–water partition coefficient (Wildman–Crippen LogP) is 3.65. The highest BCUT2D eigenvalue weighted by molar-refractivity contribution is 5.97. The average Bonchev–Trinajstić information content (AvgIpc) is 2.93. The summed E-state index contributed by atoms with van der Waals surface area (Å²) in [5, 5.41) is 14.9. The van der Waals surface area contributed by atoms with Gasteiger partial charge in [0.05, 0.1) is 11.6 Å². The van der Waals surface area contributed by atoms with Gasteiger partial charge < -0.3 is 25.3 Å². The van der Waals surface area contributed by atoms with Crippen LogP contribution in [0.5, 0.6) is 0 Å². The lowest BCUT2D eigenvalue weighted by atomic mass is 9.89. The van der Waals surface area contributed by atoms with Crippen molar-refractivity contribution in [1.82, 2.24) is 20.0 Å². The van der Waals surface area contributed by atoms with Gasteiger partial charge in [-0.25, -0.2) is 4.79 Å². The highest BCUT2D eigenvalue weighted by Gasteiger charge is 2.25. The van der Waals surface area contributed by atoms with Gasteiger partial charge in [-0.1, -0.05) is 18.2 Å². The molecule has 0 saturated carbocycles. The van der Waals surface area contributed by atoms with Crippen LogP contribution in [0.4, 0.5) is 10.5 Å². The molecule has 0 aromatic heterocycles. The van der Waals surface area contributed by atoms with E-state index >= 15 is 0 Å². The van der Waals surface area contributed by atoms with Gasteiger partial charge in [0.1, 0.15) is 0 Å². The molecule has 3 amide bonds. The van der Waals surface area contributed by atoms with Gasteiger partial charge in [-0.15, -0.1) is 0 Å². The molecular formula is C29H38N6O2. The number of anilines is 1. The molecule has 0 unspecified atom stereocenters. The Morgan fingerprint density at radius 2 is 1.70 bits per heavy atom. The lowest BCUT2D eigenvalue weighted by Gasteiger charge is -2.32. The Morgan fingerprint density at radius 1 is 1.00 bits per heavy atom. The lowest BCUT2D eigenvalue weighted by Crippen LogP contribution is -2.45. The van der Waals surface area contributed by atoms with Gasteiger partial charge in [-0.2, -0.15) is 5.26 Å². The number of hydrogen-bond donors (Lipinski definition) is 2. The molecule has 2 fully saturated rings. The van der Waals surface area contributed by atoms with Crippen LogP contribution < -0.4 is 10.6 Å². The quantitative estimate of drug-likeness (QED) is 0.564. The van der Waals surface area contributed by atoms with Crippen LogP contribution in [0, 0.1) is 18.3 Å². The summed E-state index contributed by atoms with van der Waals surface area (Å²) in [7, 11) is 2.15. The number of amides is 3. The van der Waals surface area contributed by atoms with Gasteiger partial charge in [0.15, 0.2) is 0 Å². The number of aryl methyl sites for hydroxylation is 1. The minimum atomic E-state index is -0.241. The molecule has 2 aliphatic rings. The van der Waals surface area contributed by atoms with E-state index in [1.54, 1.807) is 6.07 Å². The summed E-state index contributed by atoms with van der Waals surface area (Å²) < 4.78 is 0. The van der Waals surface area contributed by atoms with Crippen molar-refractivity contribution in [3.63, 3.8) is 0 Å². The zero-order chi connectivity index (χ0) is 26.2. The van der Waals surface area contributed by atoms with Crippen LogP contribution >= 0.6 is 0 Å². The third kappa shape index (κ3) is 7.31. The Balaban J connectivity index is 1.24. The van der Waals surface area contributed by atoms with E-state index in [0.29, 0.717) is 42.4 Å². The van der Waals surface area contributed by atoms with Gasteiger partial charge in [-0.3, -0.25) is 4.79 Å². The maximum atomic E-state index is 13.2. The molecule has 196 valence electrons. The number of nitrogens with one attached hydrogen (secondary N) is 2. The molecule has 0 aliphatic carbocycles. The number of hydrogen-bond acceptors (Lipinski definition) is 5. The van der Waals surface area contributed by atoms with Crippen molar-refractivity contribution < 1.29 is 9.59 Å². The van der Waals surface area contributed by atoms with Gasteiger partial charge in [0, 0.05) is 57.1 Å². The van der Waals surface area contributed by atoms with Gasteiger partial charge in [0.25, 0.3) is 5.91 Å². The molecule has 2 aromatic carbocycles. The fourth-order valence-corrected chi connectivity index (χ4v) is 5.06. The number of piperidine rings is 1. The van der Waals surface area contributed by atoms with E-state index in [4.69, 9.17) is 5.26 Å². The van der Waals surface area contributed by atoms with Crippen LogP contribution in [0.2, 0.25) is 0 Å². The highest BCUT2D eigenvalue weighted by atomic mass is 16.2. The highest BCUT2D eigenvalue weighted by Crippen LogP contribution is 2.29. The molecular weight excluding hydrogens is 464 g/mol. The molecule has 4 rings (SSSR count). The van der Waals surface area contributed by atoms with Crippen molar-refractivity contribution in [2.75, 3.05) is 64.7 Å². The maximum absolute atomic E-state index is 13.2. The second kappa shape index (κ2) is 12.7. The van der Waals surface area contributed by atoms with E-state index in [0.717, 1.165) is 57.5 Å². The van der Waals surface area contributed by atoms with Crippen LogP contribution in [-0.4, -0.2) is 86.0 Å². The molecule has 2 heterocycles. The van der Waals surface area contributed by atoms with Crippen LogP contribution in [0.25, 0.3) is 0 Å². The Kier molecular flexibility index (Phi) is 9.15. The summed E-state index contributed by atoms with van der Waals surface area (Å²) in [6, 6.07) is 15.2. The minimum Gasteiger partial charge on any atom is -0.339 e. The molecule has 2 aliphatic heterocycles. The van der Waals surface area contributed by atoms with E-state index in [-0.39, 0.29) is 11.9 Å². The van der Waals surface area contributed by atoms with E-state index in [9.17, 15) is 9.59 Å². The molecule has 0 spiro atoms. The summed E-state index contributed by atoms with van der Waals surface area (Å²) in [6.45, 7) is 9.26. The van der Waals surface area contributed by atoms with Gasteiger partial charge in [-0.05, 0) is 81.1 Å². The number of likely N-dealkylation sites (N-methyl/N-ethyl adjacent to an activating group) is 1. The zero-order valence-corrected chi connectivity index (χ0v) is 22.0. The first-order valence-corrected chi connectivity index (χ1v) is 13.3. The molecule has 8 nitrogen and oxygen atoms in total. The predicted molar refractivity (Wildman–Crippen MR) is 146 cm³/mol. The van der Waals surface area contributed by atoms with Crippen molar-refractivity contribution in [2.45, 2.75) is 32.1 Å². The zero-order valence-electron chi connectivity index (χ0n) is 22.0. The number of piperazine rings is 1. The van der Waals surface area contributed by atoms with Crippen LogP contribution in [0.1, 0.15) is 52.2 Å². The number of urea groups is 1. The van der Waals surface area contributed by atoms with Crippen molar-refractivity contribution >= 4 is 17.6 Å². The molecule has 0 radical (unpaired) electrons. The van der Waals surface area contributed by atoms with Crippen LogP contribution in [0.15, 0.2) is 42.5 Å². The lowest BCUT2D eigenvalue weighted by molar-refractivity contribution is 0.0713. The Hall–Kier alpha value is -3.41. The summed E-state index contributed by atoms with van der Waals surface area (Å²) >= 11 is 0. The molecule has 2 saturated heterocycles. The number of carbonyl (C=O) groups excluding carboxylic acids is 2. The van der Waals surface area contributed by atoms with Gasteiger partial charge >= 0.3 is 6.03 Å². The molecule has 0 bridgehead atoms. The van der Waals surface area contributed by atoms with E-state index < -0.39 is 0 Å². The van der Waals surface area contributed by atoms with E-state index in [1.807, 2.05) is 48.2 Å². The van der Waals surface area contributed by atoms with E-state index in [1.165, 1.54) is 5.56 Å². The third-order valence-electron chi connectivity index (χ3n) is 7.56. The summed E-state index contributed by atoms with van der Waals surface area (Å²) in [6.07, 6.45) is 2.70. The normalized spacial score (nSPS) is 17.3. The first-order valence-electron chi connectivity index (χ1n) is 13.3. The van der Waals surface area contributed by atoms with Crippen molar-refractivity contribution in [3.8, 4) is 6.07 Å². The minimum absolute atomic E-state index is 0.00564. The second-order valence-corrected chi connectivity index (χ2v) is 10.2. The van der Waals surface area contributed by atoms with Crippen molar-refractivity contribution in [1.29, 1.82) is 5.26 Å². The van der Waals surface area contributed by atoms with Crippen LogP contribution in [0.3, 0.4) is 0 Å². The first-order chi connectivity index (χ1) is 17.9. The standard InChI is InChI=1S/C29H38N6O2/c1-22-4-7-26(20-27(22)32-29(37)31-12-3-13-34-18-16-33(2)17-19-34)28(36)35-14-10-25(11-15-35)24-8-5-23(21-30)6-9-24/h4-9,20,25H,3,10-19H2,1-2H3,(H2,31,32,37). The van der Waals surface area contributed by atoms with Crippen molar-refractivity contribution in [3.05, 3.63) is 64.7 Å². The second-order valence-electron chi connectivity index (χ2n) is 10.2. The van der Waals surface area contributed by atoms with Gasteiger partial charge in [0.2, 0.25) is 0 Å². The van der Waals surface area contributed by atoms with Crippen molar-refractivity contribution in [2.24, 2.45) is 0 Å². The topological polar surface area (TPSA) is 91.7 Å². The fourth-order valence-electron chi connectivity index (χ4n) is 5.06.